The van der Waals surface area contributed by atoms with Crippen LogP contribution in [0.3, 0.4) is 0 Å². The van der Waals surface area contributed by atoms with Crippen molar-refractivity contribution < 1.29 is 14.8 Å². The number of aromatic nitrogens is 1. The monoisotopic (exact) mass is 361 g/mol. The van der Waals surface area contributed by atoms with Crippen LogP contribution in [-0.2, 0) is 11.8 Å². The van der Waals surface area contributed by atoms with Crippen LogP contribution in [0, 0.1) is 15.5 Å². The minimum Gasteiger partial charge on any atom is -0.868 e. The number of hydrogen-bond donors (Lipinski definition) is 0. The molecule has 0 bridgehead atoms. The number of nitrogens with zero attached hydrogens (tertiary/aromatic N) is 2. The van der Waals surface area contributed by atoms with Crippen molar-refractivity contribution in [2.24, 2.45) is 12.5 Å². The molecule has 1 heterocycles. The van der Waals surface area contributed by atoms with E-state index in [2.05, 4.69) is 0 Å². The highest BCUT2D eigenvalue weighted by Gasteiger charge is 2.19. The fraction of sp³-hybridized carbons (Fsp3) is 0.294. The molecule has 0 amide bonds. The molecule has 132 valence electrons. The summed E-state index contributed by atoms with van der Waals surface area (Å²) >= 11 is 1.11. The van der Waals surface area contributed by atoms with E-state index >= 15 is 0 Å². The standard InChI is InChI=1S/C17H18N2O5S/c1-17(2,3)14(21)9-15-18(4)16(22)13(25-15)8-10-5-6-12(20)11(7-10)19(23)24/h5-9,20H,1-4H3/p-1/b13-8+,15-9-. The summed E-state index contributed by atoms with van der Waals surface area (Å²) in [7, 11) is 1.56. The van der Waals surface area contributed by atoms with Crippen molar-refractivity contribution in [2.45, 2.75) is 20.8 Å². The highest BCUT2D eigenvalue weighted by molar-refractivity contribution is 7.07. The van der Waals surface area contributed by atoms with Crippen molar-refractivity contribution in [3.63, 3.8) is 0 Å². The van der Waals surface area contributed by atoms with Gasteiger partial charge in [0.25, 0.3) is 11.2 Å². The Labute approximate surface area is 147 Å². The second-order valence-electron chi connectivity index (χ2n) is 6.56. The second-order valence-corrected chi connectivity index (χ2v) is 7.62. The van der Waals surface area contributed by atoms with Gasteiger partial charge in [0.1, 0.15) is 4.66 Å². The third-order valence-electron chi connectivity index (χ3n) is 3.53. The lowest BCUT2D eigenvalue weighted by atomic mass is 9.91. The molecule has 25 heavy (non-hydrogen) atoms. The summed E-state index contributed by atoms with van der Waals surface area (Å²) in [5.41, 5.74) is -1.04. The molecule has 1 aromatic carbocycles. The first-order valence-electron chi connectivity index (χ1n) is 7.40. The van der Waals surface area contributed by atoms with Crippen molar-refractivity contribution in [1.29, 1.82) is 0 Å². The highest BCUT2D eigenvalue weighted by atomic mass is 32.1. The molecule has 1 aromatic heterocycles. The van der Waals surface area contributed by atoms with Crippen molar-refractivity contribution >= 4 is 35.0 Å². The van der Waals surface area contributed by atoms with E-state index in [1.165, 1.54) is 22.8 Å². The molecule has 0 aliphatic heterocycles. The van der Waals surface area contributed by atoms with Gasteiger partial charge in [0, 0.05) is 24.6 Å². The molecule has 7 nitrogen and oxygen atoms in total. The molecular weight excluding hydrogens is 344 g/mol. The van der Waals surface area contributed by atoms with Crippen LogP contribution < -0.4 is 19.9 Å². The Balaban J connectivity index is 2.61. The van der Waals surface area contributed by atoms with Gasteiger partial charge in [-0.05, 0) is 17.4 Å². The summed E-state index contributed by atoms with van der Waals surface area (Å²) in [4.78, 5) is 34.6. The lowest BCUT2D eigenvalue weighted by Gasteiger charge is -2.12. The number of nitro benzene ring substituents is 1. The molecular formula is C17H17N2O5S-. The van der Waals surface area contributed by atoms with Gasteiger partial charge in [0.2, 0.25) is 0 Å². The molecule has 0 aliphatic rings. The molecule has 0 unspecified atom stereocenters. The maximum Gasteiger partial charge on any atom is 0.268 e. The van der Waals surface area contributed by atoms with E-state index in [-0.39, 0.29) is 11.3 Å². The van der Waals surface area contributed by atoms with E-state index in [4.69, 9.17) is 0 Å². The molecule has 0 atom stereocenters. The third kappa shape index (κ3) is 4.03. The number of carbonyl (C=O) groups is 1. The number of nitro groups is 1. The maximum absolute atomic E-state index is 12.3. The van der Waals surface area contributed by atoms with E-state index in [1.54, 1.807) is 27.8 Å². The van der Waals surface area contributed by atoms with Crippen LogP contribution in [0.2, 0.25) is 0 Å². The Morgan fingerprint density at radius 1 is 1.32 bits per heavy atom. The minimum absolute atomic E-state index is 0.109. The second kappa shape index (κ2) is 6.64. The fourth-order valence-electron chi connectivity index (χ4n) is 1.95. The van der Waals surface area contributed by atoms with Gasteiger partial charge in [0.15, 0.2) is 5.78 Å². The van der Waals surface area contributed by atoms with Gasteiger partial charge in [-0.1, -0.05) is 32.9 Å². The number of benzene rings is 1. The van der Waals surface area contributed by atoms with Gasteiger partial charge in [0.05, 0.1) is 9.46 Å². The van der Waals surface area contributed by atoms with Crippen LogP contribution in [0.15, 0.2) is 23.0 Å². The van der Waals surface area contributed by atoms with Gasteiger partial charge in [-0.25, -0.2) is 0 Å². The van der Waals surface area contributed by atoms with Crippen molar-refractivity contribution in [1.82, 2.24) is 4.57 Å². The van der Waals surface area contributed by atoms with E-state index in [0.717, 1.165) is 23.5 Å². The summed E-state index contributed by atoms with van der Waals surface area (Å²) in [6.07, 6.45) is 2.89. The predicted molar refractivity (Wildman–Crippen MR) is 93.8 cm³/mol. The molecule has 2 rings (SSSR count). The Hall–Kier alpha value is -2.74. The molecule has 0 fully saturated rings. The van der Waals surface area contributed by atoms with Crippen LogP contribution >= 0.6 is 11.3 Å². The van der Waals surface area contributed by atoms with Crippen molar-refractivity contribution in [2.75, 3.05) is 0 Å². The lowest BCUT2D eigenvalue weighted by molar-refractivity contribution is -0.398. The number of carbonyl (C=O) groups excluding carboxylic acids is 1. The maximum atomic E-state index is 12.3. The van der Waals surface area contributed by atoms with Crippen LogP contribution in [0.25, 0.3) is 12.2 Å². The van der Waals surface area contributed by atoms with Crippen LogP contribution in [0.5, 0.6) is 5.75 Å². The van der Waals surface area contributed by atoms with Crippen LogP contribution in [-0.4, -0.2) is 15.3 Å². The highest BCUT2D eigenvalue weighted by Crippen LogP contribution is 2.23. The number of ketones is 1. The van der Waals surface area contributed by atoms with Crippen LogP contribution in [0.1, 0.15) is 26.3 Å². The van der Waals surface area contributed by atoms with E-state index in [1.807, 2.05) is 0 Å². The topological polar surface area (TPSA) is 105 Å². The molecule has 0 radical (unpaired) electrons. The zero-order valence-electron chi connectivity index (χ0n) is 14.2. The molecule has 0 saturated carbocycles. The molecule has 0 N–H and O–H groups in total. The first kappa shape index (κ1) is 18.6. The first-order chi connectivity index (χ1) is 11.5. The smallest absolute Gasteiger partial charge is 0.268 e. The Kier molecular flexibility index (Phi) is 4.94. The number of thiazole rings is 1. The van der Waals surface area contributed by atoms with E-state index in [0.29, 0.717) is 14.8 Å². The lowest BCUT2D eigenvalue weighted by Crippen LogP contribution is -2.30. The van der Waals surface area contributed by atoms with E-state index in [9.17, 15) is 24.8 Å². The summed E-state index contributed by atoms with van der Waals surface area (Å²) in [6, 6.07) is 3.64. The molecule has 0 spiro atoms. The number of Topliss-reactive ketones (excluding diaryl/α,β-unsaturated/α-hetero) is 1. The van der Waals surface area contributed by atoms with Gasteiger partial charge in [-0.3, -0.25) is 19.7 Å². The Morgan fingerprint density at radius 3 is 2.52 bits per heavy atom. The average Bonchev–Trinajstić information content (AvgIpc) is 2.76. The zero-order valence-corrected chi connectivity index (χ0v) is 15.0. The minimum atomic E-state index is -0.757. The number of rotatable bonds is 3. The fourth-order valence-corrected chi connectivity index (χ4v) is 2.98. The van der Waals surface area contributed by atoms with Gasteiger partial charge >= 0.3 is 0 Å². The van der Waals surface area contributed by atoms with Crippen molar-refractivity contribution in [3.8, 4) is 5.75 Å². The van der Waals surface area contributed by atoms with Crippen molar-refractivity contribution in [3.05, 3.63) is 53.4 Å². The Morgan fingerprint density at radius 2 is 1.96 bits per heavy atom. The first-order valence-corrected chi connectivity index (χ1v) is 8.21. The van der Waals surface area contributed by atoms with Crippen LogP contribution in [0.4, 0.5) is 5.69 Å². The van der Waals surface area contributed by atoms with E-state index < -0.39 is 21.8 Å². The SMILES string of the molecule is Cn1c(=O)/c(=C\c2ccc([O-])c([N+](=O)[O-])c2)s/c1=C\C(=O)C(C)(C)C. The molecule has 0 aliphatic carbocycles. The van der Waals surface area contributed by atoms with Gasteiger partial charge < -0.3 is 9.67 Å². The summed E-state index contributed by atoms with van der Waals surface area (Å²) < 4.78 is 2.17. The predicted octanol–water partition coefficient (Wildman–Crippen LogP) is 0.653. The van der Waals surface area contributed by atoms with Gasteiger partial charge in [-0.2, -0.15) is 0 Å². The zero-order chi connectivity index (χ0) is 18.9. The third-order valence-corrected chi connectivity index (χ3v) is 4.64. The largest absolute Gasteiger partial charge is 0.868 e. The quantitative estimate of drug-likeness (QED) is 0.590. The normalized spacial score (nSPS) is 13.3. The Bertz CT molecular complexity index is 1020. The molecule has 0 saturated heterocycles. The number of hydrogen-bond acceptors (Lipinski definition) is 6. The molecule has 8 heteroatoms. The summed E-state index contributed by atoms with van der Waals surface area (Å²) in [5, 5.41) is 22.3. The average molecular weight is 361 g/mol. The molecule has 2 aromatic rings. The summed E-state index contributed by atoms with van der Waals surface area (Å²) in [5.74, 6) is -0.798. The van der Waals surface area contributed by atoms with Gasteiger partial charge in [-0.15, -0.1) is 11.3 Å². The summed E-state index contributed by atoms with van der Waals surface area (Å²) in [6.45, 7) is 5.36.